The van der Waals surface area contributed by atoms with Gasteiger partial charge in [-0.25, -0.2) is 8.42 Å². The Bertz CT molecular complexity index is 896. The van der Waals surface area contributed by atoms with Gasteiger partial charge in [-0.2, -0.15) is 4.31 Å². The number of furan rings is 1. The molecule has 0 amide bonds. The number of nitrogens with one attached hydrogen (secondary N) is 1. The zero-order chi connectivity index (χ0) is 19.4. The Morgan fingerprint density at radius 1 is 1.37 bits per heavy atom. The van der Waals surface area contributed by atoms with E-state index in [1.807, 2.05) is 13.0 Å². The van der Waals surface area contributed by atoms with Crippen LogP contribution in [0.15, 0.2) is 45.9 Å². The molecule has 1 saturated heterocycles. The molecule has 0 radical (unpaired) electrons. The number of rotatable bonds is 7. The molecule has 9 heteroatoms. The van der Waals surface area contributed by atoms with Gasteiger partial charge < -0.3 is 9.73 Å². The first kappa shape index (κ1) is 19.4. The first-order chi connectivity index (χ1) is 12.9. The zero-order valence-electron chi connectivity index (χ0n) is 15.1. The van der Waals surface area contributed by atoms with Crippen molar-refractivity contribution in [2.45, 2.75) is 31.1 Å². The van der Waals surface area contributed by atoms with Crippen LogP contribution in [0.4, 0.5) is 11.4 Å². The predicted molar refractivity (Wildman–Crippen MR) is 101 cm³/mol. The fourth-order valence-corrected chi connectivity index (χ4v) is 4.88. The molecule has 1 fully saturated rings. The minimum atomic E-state index is -3.74. The zero-order valence-corrected chi connectivity index (χ0v) is 15.9. The van der Waals surface area contributed by atoms with Crippen molar-refractivity contribution < 1.29 is 17.8 Å². The van der Waals surface area contributed by atoms with Gasteiger partial charge in [0, 0.05) is 32.1 Å². The van der Waals surface area contributed by atoms with E-state index in [9.17, 15) is 18.5 Å². The fourth-order valence-electron chi connectivity index (χ4n) is 3.26. The summed E-state index contributed by atoms with van der Waals surface area (Å²) < 4.78 is 32.4. The molecule has 8 nitrogen and oxygen atoms in total. The Labute approximate surface area is 158 Å². The molecule has 1 atom stereocenters. The van der Waals surface area contributed by atoms with Crippen LogP contribution in [0, 0.1) is 16.0 Å². The summed E-state index contributed by atoms with van der Waals surface area (Å²) in [5, 5.41) is 14.4. The molecule has 3 rings (SSSR count). The van der Waals surface area contributed by atoms with E-state index in [1.54, 1.807) is 12.3 Å². The van der Waals surface area contributed by atoms with Gasteiger partial charge in [0.2, 0.25) is 10.0 Å². The minimum Gasteiger partial charge on any atom is -0.469 e. The van der Waals surface area contributed by atoms with Gasteiger partial charge in [-0.15, -0.1) is 0 Å². The lowest BCUT2D eigenvalue weighted by molar-refractivity contribution is -0.384. The van der Waals surface area contributed by atoms with Gasteiger partial charge in [-0.3, -0.25) is 10.1 Å². The van der Waals surface area contributed by atoms with Crippen molar-refractivity contribution in [3.63, 3.8) is 0 Å². The van der Waals surface area contributed by atoms with E-state index in [2.05, 4.69) is 5.32 Å². The van der Waals surface area contributed by atoms with E-state index in [0.29, 0.717) is 26.1 Å². The Kier molecular flexibility index (Phi) is 5.81. The van der Waals surface area contributed by atoms with Crippen molar-refractivity contribution in [3.8, 4) is 0 Å². The standard InChI is InChI=1S/C18H23N3O5S/c1-14-4-2-10-20(13-14)27(24,25)16-6-7-17(18(12-16)21(22)23)19-9-8-15-5-3-11-26-15/h3,5-7,11-12,14,19H,2,4,8-10,13H2,1H3/t14-/m1/s1. The lowest BCUT2D eigenvalue weighted by atomic mass is 10.0. The summed E-state index contributed by atoms with van der Waals surface area (Å²) in [6.45, 7) is 3.34. The van der Waals surface area contributed by atoms with Crippen molar-refractivity contribution in [1.82, 2.24) is 4.31 Å². The first-order valence-electron chi connectivity index (χ1n) is 8.93. The molecule has 27 heavy (non-hydrogen) atoms. The summed E-state index contributed by atoms with van der Waals surface area (Å²) in [5.74, 6) is 1.05. The van der Waals surface area contributed by atoms with Gasteiger partial charge in [0.05, 0.1) is 16.1 Å². The maximum absolute atomic E-state index is 12.9. The van der Waals surface area contributed by atoms with Crippen LogP contribution in [0.3, 0.4) is 0 Å². The molecule has 1 aromatic carbocycles. The van der Waals surface area contributed by atoms with Crippen LogP contribution >= 0.6 is 0 Å². The van der Waals surface area contributed by atoms with Gasteiger partial charge >= 0.3 is 0 Å². The molecule has 0 aliphatic carbocycles. The van der Waals surface area contributed by atoms with Crippen LogP contribution in [-0.2, 0) is 16.4 Å². The van der Waals surface area contributed by atoms with Crippen LogP contribution in [0.25, 0.3) is 0 Å². The molecule has 1 aliphatic rings. The molecule has 0 bridgehead atoms. The highest BCUT2D eigenvalue weighted by molar-refractivity contribution is 7.89. The number of hydrogen-bond acceptors (Lipinski definition) is 6. The summed E-state index contributed by atoms with van der Waals surface area (Å²) >= 11 is 0. The van der Waals surface area contributed by atoms with Gasteiger partial charge in [0.25, 0.3) is 5.69 Å². The minimum absolute atomic E-state index is 0.0418. The number of hydrogen-bond donors (Lipinski definition) is 1. The van der Waals surface area contributed by atoms with Crippen LogP contribution in [0.5, 0.6) is 0 Å². The van der Waals surface area contributed by atoms with E-state index >= 15 is 0 Å². The summed E-state index contributed by atoms with van der Waals surface area (Å²) in [7, 11) is -3.74. The van der Waals surface area contributed by atoms with Crippen molar-refractivity contribution in [1.29, 1.82) is 0 Å². The number of nitro benzene ring substituents is 1. The number of anilines is 1. The average Bonchev–Trinajstić information content (AvgIpc) is 3.15. The fraction of sp³-hybridized carbons (Fsp3) is 0.444. The highest BCUT2D eigenvalue weighted by Crippen LogP contribution is 2.30. The topological polar surface area (TPSA) is 106 Å². The number of sulfonamides is 1. The van der Waals surface area contributed by atoms with Gasteiger partial charge in [-0.1, -0.05) is 6.92 Å². The number of nitro groups is 1. The van der Waals surface area contributed by atoms with Crippen molar-refractivity contribution in [3.05, 3.63) is 52.5 Å². The molecule has 0 spiro atoms. The van der Waals surface area contributed by atoms with Gasteiger partial charge in [0.1, 0.15) is 11.4 Å². The summed E-state index contributed by atoms with van der Waals surface area (Å²) in [6.07, 6.45) is 3.92. The molecular formula is C18H23N3O5S. The third-order valence-corrected chi connectivity index (χ3v) is 6.55. The normalized spacial score (nSPS) is 18.3. The third-order valence-electron chi connectivity index (χ3n) is 4.69. The van der Waals surface area contributed by atoms with Crippen LogP contribution < -0.4 is 5.32 Å². The lowest BCUT2D eigenvalue weighted by Crippen LogP contribution is -2.39. The number of benzene rings is 1. The number of nitrogens with zero attached hydrogens (tertiary/aromatic N) is 2. The molecular weight excluding hydrogens is 370 g/mol. The Morgan fingerprint density at radius 3 is 2.85 bits per heavy atom. The van der Waals surface area contributed by atoms with E-state index in [1.165, 1.54) is 16.4 Å². The van der Waals surface area contributed by atoms with Crippen molar-refractivity contribution >= 4 is 21.4 Å². The second kappa shape index (κ2) is 8.10. The monoisotopic (exact) mass is 393 g/mol. The molecule has 146 valence electrons. The second-order valence-electron chi connectivity index (χ2n) is 6.80. The Hall–Kier alpha value is -2.39. The lowest BCUT2D eigenvalue weighted by Gasteiger charge is -2.30. The summed E-state index contributed by atoms with van der Waals surface area (Å²) in [4.78, 5) is 10.9. The number of piperidine rings is 1. The van der Waals surface area contributed by atoms with Crippen molar-refractivity contribution in [2.75, 3.05) is 25.0 Å². The Balaban J connectivity index is 1.79. The summed E-state index contributed by atoms with van der Waals surface area (Å²) in [5.41, 5.74) is 0.0399. The maximum Gasteiger partial charge on any atom is 0.293 e. The molecule has 2 aromatic rings. The smallest absolute Gasteiger partial charge is 0.293 e. The average molecular weight is 393 g/mol. The SMILES string of the molecule is C[C@@H]1CCCN(S(=O)(=O)c2ccc(NCCc3ccco3)c([N+](=O)[O-])c2)C1. The molecule has 1 aromatic heterocycles. The third kappa shape index (κ3) is 4.48. The molecule has 0 unspecified atom stereocenters. The van der Waals surface area contributed by atoms with E-state index in [4.69, 9.17) is 4.42 Å². The molecule has 1 N–H and O–H groups in total. The predicted octanol–water partition coefficient (Wildman–Crippen LogP) is 3.26. The highest BCUT2D eigenvalue weighted by atomic mass is 32.2. The van der Waals surface area contributed by atoms with Gasteiger partial charge in [0.15, 0.2) is 0 Å². The van der Waals surface area contributed by atoms with Gasteiger partial charge in [-0.05, 0) is 43.0 Å². The van der Waals surface area contributed by atoms with E-state index in [0.717, 1.165) is 24.7 Å². The van der Waals surface area contributed by atoms with E-state index in [-0.39, 0.29) is 22.2 Å². The van der Waals surface area contributed by atoms with E-state index < -0.39 is 14.9 Å². The molecule has 0 saturated carbocycles. The van der Waals surface area contributed by atoms with Crippen LogP contribution in [0.1, 0.15) is 25.5 Å². The highest BCUT2D eigenvalue weighted by Gasteiger charge is 2.30. The quantitative estimate of drug-likeness (QED) is 0.572. The molecule has 2 heterocycles. The summed E-state index contributed by atoms with van der Waals surface area (Å²) in [6, 6.07) is 7.63. The van der Waals surface area contributed by atoms with Crippen LogP contribution in [0.2, 0.25) is 0 Å². The second-order valence-corrected chi connectivity index (χ2v) is 8.74. The maximum atomic E-state index is 12.9. The van der Waals surface area contributed by atoms with Crippen molar-refractivity contribution in [2.24, 2.45) is 5.92 Å². The van der Waals surface area contributed by atoms with Crippen LogP contribution in [-0.4, -0.2) is 37.3 Å². The largest absolute Gasteiger partial charge is 0.469 e. The Morgan fingerprint density at radius 2 is 2.19 bits per heavy atom. The molecule has 1 aliphatic heterocycles. The first-order valence-corrected chi connectivity index (χ1v) is 10.4.